The van der Waals surface area contributed by atoms with E-state index in [0.717, 1.165) is 44.7 Å². The molecule has 1 saturated heterocycles. The lowest BCUT2D eigenvalue weighted by Gasteiger charge is -2.48. The molecular weight excluding hydrogens is 432 g/mol. The van der Waals surface area contributed by atoms with Crippen molar-refractivity contribution in [2.45, 2.75) is 44.2 Å². The molecule has 1 aliphatic heterocycles. The van der Waals surface area contributed by atoms with Crippen LogP contribution in [-0.4, -0.2) is 63.4 Å². The fourth-order valence-corrected chi connectivity index (χ4v) is 5.08. The molecule has 0 spiro atoms. The van der Waals surface area contributed by atoms with Gasteiger partial charge in [0.2, 0.25) is 5.75 Å². The monoisotopic (exact) mass is 468 g/mol. The van der Waals surface area contributed by atoms with Crippen LogP contribution in [0.1, 0.15) is 48.0 Å². The first-order valence-corrected chi connectivity index (χ1v) is 12.2. The number of nitrogens with one attached hydrogen (secondary N) is 1. The van der Waals surface area contributed by atoms with Crippen molar-refractivity contribution in [2.24, 2.45) is 0 Å². The molecule has 0 bridgehead atoms. The second-order valence-corrected chi connectivity index (χ2v) is 9.05. The van der Waals surface area contributed by atoms with Crippen LogP contribution in [0, 0.1) is 0 Å². The minimum atomic E-state index is -0.135. The predicted octanol–water partition coefficient (Wildman–Crippen LogP) is 4.05. The van der Waals surface area contributed by atoms with Gasteiger partial charge in [-0.05, 0) is 30.5 Å². The summed E-state index contributed by atoms with van der Waals surface area (Å²) in [7, 11) is 3.14. The van der Waals surface area contributed by atoms with Gasteiger partial charge in [-0.2, -0.15) is 0 Å². The van der Waals surface area contributed by atoms with Crippen molar-refractivity contribution < 1.29 is 23.7 Å². The molecule has 0 aromatic heterocycles. The Hall–Kier alpha value is -2.77. The predicted molar refractivity (Wildman–Crippen MR) is 131 cm³/mol. The fourth-order valence-electron chi connectivity index (χ4n) is 5.08. The summed E-state index contributed by atoms with van der Waals surface area (Å²) in [6.07, 6.45) is 5.86. The summed E-state index contributed by atoms with van der Waals surface area (Å²) in [5.41, 5.74) is 1.54. The summed E-state index contributed by atoms with van der Waals surface area (Å²) in [6.45, 7) is 4.36. The lowest BCUT2D eigenvalue weighted by atomic mass is 9.79. The van der Waals surface area contributed by atoms with Gasteiger partial charge in [0.1, 0.15) is 6.61 Å². The summed E-state index contributed by atoms with van der Waals surface area (Å²) in [6, 6.07) is 13.3. The maximum Gasteiger partial charge on any atom is 0.251 e. The first-order chi connectivity index (χ1) is 16.6. The summed E-state index contributed by atoms with van der Waals surface area (Å²) in [5, 5.41) is 3.21. The first-order valence-electron chi connectivity index (χ1n) is 12.2. The van der Waals surface area contributed by atoms with Gasteiger partial charge in [-0.15, -0.1) is 0 Å². The third-order valence-corrected chi connectivity index (χ3v) is 6.99. The van der Waals surface area contributed by atoms with Crippen LogP contribution < -0.4 is 19.5 Å². The molecule has 0 atom stereocenters. The Morgan fingerprint density at radius 3 is 2.26 bits per heavy atom. The molecule has 1 amide bonds. The highest BCUT2D eigenvalue weighted by atomic mass is 16.5. The molecule has 2 fully saturated rings. The third-order valence-electron chi connectivity index (χ3n) is 6.99. The van der Waals surface area contributed by atoms with Crippen LogP contribution in [0.15, 0.2) is 42.5 Å². The van der Waals surface area contributed by atoms with Gasteiger partial charge in [0.25, 0.3) is 5.91 Å². The maximum atomic E-state index is 13.2. The van der Waals surface area contributed by atoms with Crippen LogP contribution in [0.3, 0.4) is 0 Å². The number of hydrogen-bond acceptors (Lipinski definition) is 6. The van der Waals surface area contributed by atoms with Gasteiger partial charge in [0, 0.05) is 30.7 Å². The van der Waals surface area contributed by atoms with Crippen molar-refractivity contribution in [1.29, 1.82) is 0 Å². The molecule has 7 heteroatoms. The van der Waals surface area contributed by atoms with E-state index in [4.69, 9.17) is 18.9 Å². The number of carbonyl (C=O) groups excluding carboxylic acids is 1. The van der Waals surface area contributed by atoms with Gasteiger partial charge >= 0.3 is 0 Å². The van der Waals surface area contributed by atoms with Crippen molar-refractivity contribution in [3.05, 3.63) is 53.6 Å². The zero-order chi connectivity index (χ0) is 23.8. The van der Waals surface area contributed by atoms with E-state index in [1.807, 2.05) is 30.3 Å². The van der Waals surface area contributed by atoms with E-state index in [2.05, 4.69) is 10.2 Å². The maximum absolute atomic E-state index is 13.2. The normalized spacial score (nSPS) is 18.2. The summed E-state index contributed by atoms with van der Waals surface area (Å²) in [4.78, 5) is 15.8. The largest absolute Gasteiger partial charge is 0.493 e. The summed E-state index contributed by atoms with van der Waals surface area (Å²) in [5.74, 6) is 1.30. The number of carbonyl (C=O) groups is 1. The molecule has 1 aliphatic carbocycles. The molecule has 2 aliphatic rings. The van der Waals surface area contributed by atoms with Gasteiger partial charge in [-0.3, -0.25) is 9.69 Å². The van der Waals surface area contributed by atoms with E-state index in [9.17, 15) is 4.79 Å². The lowest BCUT2D eigenvalue weighted by Crippen LogP contribution is -2.59. The Labute approximate surface area is 202 Å². The minimum Gasteiger partial charge on any atom is -0.493 e. The molecule has 1 saturated carbocycles. The zero-order valence-electron chi connectivity index (χ0n) is 20.3. The second-order valence-electron chi connectivity index (χ2n) is 9.05. The summed E-state index contributed by atoms with van der Waals surface area (Å²) >= 11 is 0. The molecule has 4 rings (SSSR count). The van der Waals surface area contributed by atoms with Crippen molar-refractivity contribution in [3.63, 3.8) is 0 Å². The van der Waals surface area contributed by atoms with Gasteiger partial charge in [-0.1, -0.05) is 49.6 Å². The number of ether oxygens (including phenoxy) is 4. The number of benzene rings is 2. The molecule has 0 unspecified atom stereocenters. The highest BCUT2D eigenvalue weighted by Gasteiger charge is 2.39. The number of amides is 1. The summed E-state index contributed by atoms with van der Waals surface area (Å²) < 4.78 is 22.7. The van der Waals surface area contributed by atoms with Crippen molar-refractivity contribution in [1.82, 2.24) is 10.2 Å². The van der Waals surface area contributed by atoms with E-state index in [-0.39, 0.29) is 11.4 Å². The number of hydrogen-bond donors (Lipinski definition) is 1. The van der Waals surface area contributed by atoms with Crippen LogP contribution in [0.2, 0.25) is 0 Å². The van der Waals surface area contributed by atoms with E-state index >= 15 is 0 Å². The lowest BCUT2D eigenvalue weighted by molar-refractivity contribution is -0.0361. The van der Waals surface area contributed by atoms with Crippen LogP contribution >= 0.6 is 0 Å². The number of nitrogens with zero attached hydrogens (tertiary/aromatic N) is 1. The number of rotatable bonds is 9. The molecule has 1 N–H and O–H groups in total. The van der Waals surface area contributed by atoms with Crippen molar-refractivity contribution in [2.75, 3.05) is 47.1 Å². The number of methoxy groups -OCH3 is 2. The van der Waals surface area contributed by atoms with Crippen LogP contribution in [0.25, 0.3) is 0 Å². The Morgan fingerprint density at radius 2 is 1.65 bits per heavy atom. The average Bonchev–Trinajstić information content (AvgIpc) is 2.91. The van der Waals surface area contributed by atoms with E-state index < -0.39 is 0 Å². The van der Waals surface area contributed by atoms with Crippen molar-refractivity contribution in [3.8, 4) is 17.2 Å². The number of morpholine rings is 1. The average molecular weight is 469 g/mol. The molecular formula is C27H36N2O5. The van der Waals surface area contributed by atoms with Crippen LogP contribution in [0.4, 0.5) is 0 Å². The zero-order valence-corrected chi connectivity index (χ0v) is 20.3. The topological polar surface area (TPSA) is 69.3 Å². The van der Waals surface area contributed by atoms with Crippen LogP contribution in [-0.2, 0) is 11.3 Å². The quantitative estimate of drug-likeness (QED) is 0.599. The van der Waals surface area contributed by atoms with Gasteiger partial charge in [-0.25, -0.2) is 0 Å². The van der Waals surface area contributed by atoms with Gasteiger partial charge < -0.3 is 24.3 Å². The first kappa shape index (κ1) is 24.4. The van der Waals surface area contributed by atoms with E-state index in [1.165, 1.54) is 19.3 Å². The highest BCUT2D eigenvalue weighted by Crippen LogP contribution is 2.39. The Kier molecular flexibility index (Phi) is 8.29. The highest BCUT2D eigenvalue weighted by molar-refractivity contribution is 5.95. The molecule has 2 aromatic rings. The van der Waals surface area contributed by atoms with Gasteiger partial charge in [0.15, 0.2) is 11.5 Å². The minimum absolute atomic E-state index is 0.00456. The van der Waals surface area contributed by atoms with E-state index in [1.54, 1.807) is 26.4 Å². The Morgan fingerprint density at radius 1 is 1.00 bits per heavy atom. The molecule has 2 aromatic carbocycles. The second kappa shape index (κ2) is 11.6. The Balaban J connectivity index is 1.48. The standard InChI is InChI=1S/C27H36N2O5/c1-31-23-17-22(18-24(32-2)25(23)34-19-21-9-5-3-6-10-21)26(30)28-20-27(11-7-4-8-12-27)29-13-15-33-16-14-29/h3,5-6,9-10,17-18H,4,7-8,11-16,19-20H2,1-2H3,(H,28,30). The molecule has 1 heterocycles. The molecule has 7 nitrogen and oxygen atoms in total. The van der Waals surface area contributed by atoms with Crippen LogP contribution in [0.5, 0.6) is 17.2 Å². The smallest absolute Gasteiger partial charge is 0.251 e. The van der Waals surface area contributed by atoms with Gasteiger partial charge in [0.05, 0.1) is 27.4 Å². The molecule has 0 radical (unpaired) electrons. The fraction of sp³-hybridized carbons (Fsp3) is 0.519. The molecule has 34 heavy (non-hydrogen) atoms. The SMILES string of the molecule is COc1cc(C(=O)NCC2(N3CCOCC3)CCCCC2)cc(OC)c1OCc1ccccc1. The Bertz CT molecular complexity index is 912. The van der Waals surface area contributed by atoms with Crippen molar-refractivity contribution >= 4 is 5.91 Å². The molecule has 184 valence electrons. The third kappa shape index (κ3) is 5.65. The van der Waals surface area contributed by atoms with E-state index in [0.29, 0.717) is 36.0 Å².